The monoisotopic (exact) mass is 245 g/mol. The molecule has 0 bridgehead atoms. The Morgan fingerprint density at radius 1 is 1.35 bits per heavy atom. The fourth-order valence-corrected chi connectivity index (χ4v) is 1.33. The second-order valence-electron chi connectivity index (χ2n) is 4.05. The van der Waals surface area contributed by atoms with Crippen LogP contribution in [0, 0.1) is 0 Å². The van der Waals surface area contributed by atoms with Crippen LogP contribution in [0.3, 0.4) is 0 Å². The van der Waals surface area contributed by atoms with Gasteiger partial charge in [0.1, 0.15) is 5.75 Å². The summed E-state index contributed by atoms with van der Waals surface area (Å²) in [6.45, 7) is 0.176. The summed E-state index contributed by atoms with van der Waals surface area (Å²) in [6, 6.07) is 6.37. The maximum Gasteiger partial charge on any atom is 0.278 e. The molecule has 0 amide bonds. The van der Waals surface area contributed by atoms with E-state index in [2.05, 4.69) is 0 Å². The molecule has 17 heavy (non-hydrogen) atoms. The van der Waals surface area contributed by atoms with Crippen LogP contribution in [0.15, 0.2) is 24.3 Å². The molecule has 3 N–H and O–H groups in total. The molecule has 1 unspecified atom stereocenters. The van der Waals surface area contributed by atoms with Crippen LogP contribution in [0.5, 0.6) is 5.75 Å². The Labute approximate surface area is 99.2 Å². The normalized spacial score (nSPS) is 13.5. The fourth-order valence-electron chi connectivity index (χ4n) is 1.33. The quantitative estimate of drug-likeness (QED) is 0.807. The lowest BCUT2D eigenvalue weighted by molar-refractivity contribution is -0.0229. The number of aliphatic hydroxyl groups excluding tert-OH is 1. The number of hydrogen-bond donors (Lipinski definition) is 2. The summed E-state index contributed by atoms with van der Waals surface area (Å²) < 4.78 is 30.0. The Kier molecular flexibility index (Phi) is 4.84. The summed E-state index contributed by atoms with van der Waals surface area (Å²) in [5, 5.41) is 8.74. The SMILES string of the molecule is CC(F)(F)COc1ccc(C(N)CCO)cc1. The van der Waals surface area contributed by atoms with Crippen molar-refractivity contribution in [3.63, 3.8) is 0 Å². The first kappa shape index (κ1) is 13.9. The third-order valence-corrected chi connectivity index (χ3v) is 2.24. The van der Waals surface area contributed by atoms with Gasteiger partial charge in [-0.1, -0.05) is 12.1 Å². The van der Waals surface area contributed by atoms with Gasteiger partial charge < -0.3 is 15.6 Å². The lowest BCUT2D eigenvalue weighted by atomic mass is 10.1. The van der Waals surface area contributed by atoms with E-state index in [-0.39, 0.29) is 12.6 Å². The zero-order valence-corrected chi connectivity index (χ0v) is 9.70. The van der Waals surface area contributed by atoms with E-state index in [1.807, 2.05) is 0 Å². The van der Waals surface area contributed by atoms with E-state index in [0.29, 0.717) is 12.2 Å². The minimum atomic E-state index is -2.84. The molecule has 96 valence electrons. The van der Waals surface area contributed by atoms with Crippen LogP contribution >= 0.6 is 0 Å². The Bertz CT molecular complexity index is 335. The highest BCUT2D eigenvalue weighted by atomic mass is 19.3. The lowest BCUT2D eigenvalue weighted by Gasteiger charge is -2.14. The molecule has 1 rings (SSSR count). The van der Waals surface area contributed by atoms with Crippen LogP contribution in [0.2, 0.25) is 0 Å². The van der Waals surface area contributed by atoms with Gasteiger partial charge in [0.2, 0.25) is 0 Å². The molecule has 0 fully saturated rings. The predicted molar refractivity (Wildman–Crippen MR) is 61.2 cm³/mol. The van der Waals surface area contributed by atoms with Crippen LogP contribution < -0.4 is 10.5 Å². The van der Waals surface area contributed by atoms with Crippen molar-refractivity contribution in [2.24, 2.45) is 5.73 Å². The second-order valence-corrected chi connectivity index (χ2v) is 4.05. The summed E-state index contributed by atoms with van der Waals surface area (Å²) in [6.07, 6.45) is 0.466. The van der Waals surface area contributed by atoms with Crippen molar-refractivity contribution in [1.82, 2.24) is 0 Å². The number of hydrogen-bond acceptors (Lipinski definition) is 3. The van der Waals surface area contributed by atoms with Crippen molar-refractivity contribution in [2.45, 2.75) is 25.3 Å². The van der Waals surface area contributed by atoms with E-state index in [9.17, 15) is 8.78 Å². The van der Waals surface area contributed by atoms with Crippen LogP contribution in [-0.4, -0.2) is 24.2 Å². The highest BCUT2D eigenvalue weighted by Gasteiger charge is 2.21. The van der Waals surface area contributed by atoms with E-state index in [4.69, 9.17) is 15.6 Å². The summed E-state index contributed by atoms with van der Waals surface area (Å²) >= 11 is 0. The first-order valence-electron chi connectivity index (χ1n) is 5.39. The topological polar surface area (TPSA) is 55.5 Å². The average Bonchev–Trinajstić information content (AvgIpc) is 2.26. The maximum absolute atomic E-state index is 12.5. The van der Waals surface area contributed by atoms with Crippen LogP contribution in [0.25, 0.3) is 0 Å². The summed E-state index contributed by atoms with van der Waals surface area (Å²) in [4.78, 5) is 0. The van der Waals surface area contributed by atoms with Crippen molar-refractivity contribution in [1.29, 1.82) is 0 Å². The minimum absolute atomic E-state index is 0.0154. The molecule has 1 aromatic rings. The third kappa shape index (κ3) is 5.10. The minimum Gasteiger partial charge on any atom is -0.487 e. The number of nitrogens with two attached hydrogens (primary N) is 1. The van der Waals surface area contributed by atoms with E-state index in [1.165, 1.54) is 0 Å². The van der Waals surface area contributed by atoms with Gasteiger partial charge in [-0.05, 0) is 24.1 Å². The molecular weight excluding hydrogens is 228 g/mol. The average molecular weight is 245 g/mol. The van der Waals surface area contributed by atoms with Gasteiger partial charge in [-0.2, -0.15) is 0 Å². The predicted octanol–water partition coefficient (Wildman–Crippen LogP) is 2.10. The number of ether oxygens (including phenoxy) is 1. The molecule has 0 saturated carbocycles. The van der Waals surface area contributed by atoms with E-state index < -0.39 is 12.5 Å². The molecule has 0 aliphatic rings. The van der Waals surface area contributed by atoms with Crippen molar-refractivity contribution in [3.05, 3.63) is 29.8 Å². The highest BCUT2D eigenvalue weighted by molar-refractivity contribution is 5.29. The molecule has 1 aromatic carbocycles. The molecule has 1 atom stereocenters. The first-order valence-corrected chi connectivity index (χ1v) is 5.39. The molecule has 0 radical (unpaired) electrons. The highest BCUT2D eigenvalue weighted by Crippen LogP contribution is 2.20. The van der Waals surface area contributed by atoms with Gasteiger partial charge in [-0.15, -0.1) is 0 Å². The first-order chi connectivity index (χ1) is 7.92. The molecule has 5 heteroatoms. The Morgan fingerprint density at radius 3 is 2.41 bits per heavy atom. The Balaban J connectivity index is 2.56. The van der Waals surface area contributed by atoms with Crippen molar-refractivity contribution < 1.29 is 18.6 Å². The van der Waals surface area contributed by atoms with Crippen molar-refractivity contribution in [3.8, 4) is 5.75 Å². The maximum atomic E-state index is 12.5. The zero-order chi connectivity index (χ0) is 12.9. The smallest absolute Gasteiger partial charge is 0.278 e. The van der Waals surface area contributed by atoms with Gasteiger partial charge in [-0.25, -0.2) is 8.78 Å². The Hall–Kier alpha value is -1.20. The standard InChI is InChI=1S/C12H17F2NO2/c1-12(13,14)8-17-10-4-2-9(3-5-10)11(15)6-7-16/h2-5,11,16H,6-8,15H2,1H3. The van der Waals surface area contributed by atoms with Crippen molar-refractivity contribution in [2.75, 3.05) is 13.2 Å². The van der Waals surface area contributed by atoms with E-state index >= 15 is 0 Å². The van der Waals surface area contributed by atoms with Crippen molar-refractivity contribution >= 4 is 0 Å². The summed E-state index contributed by atoms with van der Waals surface area (Å²) in [7, 11) is 0. The lowest BCUT2D eigenvalue weighted by Crippen LogP contribution is -2.20. The van der Waals surface area contributed by atoms with Gasteiger partial charge in [0, 0.05) is 19.6 Å². The molecule has 3 nitrogen and oxygen atoms in total. The van der Waals surface area contributed by atoms with Gasteiger partial charge in [0.25, 0.3) is 5.92 Å². The molecule has 0 aromatic heterocycles. The number of halogens is 2. The van der Waals surface area contributed by atoms with Crippen LogP contribution in [0.4, 0.5) is 8.78 Å². The van der Waals surface area contributed by atoms with E-state index in [0.717, 1.165) is 12.5 Å². The van der Waals surface area contributed by atoms with E-state index in [1.54, 1.807) is 24.3 Å². The largest absolute Gasteiger partial charge is 0.487 e. The summed E-state index contributed by atoms with van der Waals surface area (Å²) in [5.41, 5.74) is 6.62. The molecule has 0 aliphatic heterocycles. The van der Waals surface area contributed by atoms with Gasteiger partial charge in [0.15, 0.2) is 6.61 Å². The van der Waals surface area contributed by atoms with Crippen LogP contribution in [-0.2, 0) is 0 Å². The van der Waals surface area contributed by atoms with Crippen LogP contribution in [0.1, 0.15) is 24.9 Å². The van der Waals surface area contributed by atoms with Gasteiger partial charge >= 0.3 is 0 Å². The molecule has 0 saturated heterocycles. The van der Waals surface area contributed by atoms with Gasteiger partial charge in [0.05, 0.1) is 0 Å². The molecule has 0 heterocycles. The molecule has 0 aliphatic carbocycles. The molecule has 0 spiro atoms. The fraction of sp³-hybridized carbons (Fsp3) is 0.500. The molecular formula is C12H17F2NO2. The number of alkyl halides is 2. The Morgan fingerprint density at radius 2 is 1.94 bits per heavy atom. The zero-order valence-electron chi connectivity index (χ0n) is 9.70. The third-order valence-electron chi connectivity index (χ3n) is 2.24. The number of benzene rings is 1. The number of rotatable bonds is 6. The van der Waals surface area contributed by atoms with Gasteiger partial charge in [-0.3, -0.25) is 0 Å². The number of aliphatic hydroxyl groups is 1. The second kappa shape index (κ2) is 5.93. The summed E-state index contributed by atoms with van der Waals surface area (Å²) in [5.74, 6) is -2.46.